The summed E-state index contributed by atoms with van der Waals surface area (Å²) in [5.74, 6) is 0.896. The average Bonchev–Trinajstić information content (AvgIpc) is 2.72. The van der Waals surface area contributed by atoms with Gasteiger partial charge in [-0.3, -0.25) is 4.79 Å². The summed E-state index contributed by atoms with van der Waals surface area (Å²) in [6, 6.07) is 17.2. The van der Waals surface area contributed by atoms with E-state index < -0.39 is 0 Å². The quantitative estimate of drug-likeness (QED) is 0.168. The maximum absolute atomic E-state index is 12.1. The van der Waals surface area contributed by atoms with Gasteiger partial charge in [0.2, 0.25) is 0 Å². The molecule has 2 aromatic rings. The van der Waals surface area contributed by atoms with E-state index in [1.165, 1.54) is 32.1 Å². The molecule has 0 aliphatic carbocycles. The highest BCUT2D eigenvalue weighted by atomic mass is 16.5. The van der Waals surface area contributed by atoms with Crippen LogP contribution in [0.5, 0.6) is 5.75 Å². The Morgan fingerprint density at radius 2 is 1.52 bits per heavy atom. The van der Waals surface area contributed by atoms with E-state index in [9.17, 15) is 4.79 Å². The van der Waals surface area contributed by atoms with Crippen LogP contribution >= 0.6 is 0 Å². The Labute approximate surface area is 163 Å². The van der Waals surface area contributed by atoms with Crippen molar-refractivity contribution in [3.63, 3.8) is 0 Å². The van der Waals surface area contributed by atoms with Gasteiger partial charge in [-0.15, -0.1) is 6.58 Å². The highest BCUT2D eigenvalue weighted by molar-refractivity contribution is 6.06. The second-order valence-electron chi connectivity index (χ2n) is 6.68. The third-order valence-corrected chi connectivity index (χ3v) is 4.44. The van der Waals surface area contributed by atoms with Crippen LogP contribution in [0.2, 0.25) is 0 Å². The summed E-state index contributed by atoms with van der Waals surface area (Å²) in [7, 11) is 0. The molecule has 0 aromatic heterocycles. The first-order chi connectivity index (χ1) is 13.3. The van der Waals surface area contributed by atoms with Gasteiger partial charge >= 0.3 is 0 Å². The molecule has 2 aromatic carbocycles. The summed E-state index contributed by atoms with van der Waals surface area (Å²) < 4.78 is 5.80. The van der Waals surface area contributed by atoms with Crippen LogP contribution in [-0.4, -0.2) is 12.4 Å². The number of benzene rings is 2. The minimum atomic E-state index is 0.0143. The van der Waals surface area contributed by atoms with Crippen molar-refractivity contribution in [2.24, 2.45) is 0 Å². The standard InChI is InChI=1S/C25H30O2/c1-2-3-4-5-6-7-8-12-21-27-24-18-15-22(16-19-24)17-20-25(26)23-13-10-9-11-14-23/h2,9-11,13-20H,1,3-8,12,21H2. The van der Waals surface area contributed by atoms with Crippen molar-refractivity contribution in [2.75, 3.05) is 6.61 Å². The zero-order chi connectivity index (χ0) is 19.2. The number of ether oxygens (including phenoxy) is 1. The summed E-state index contributed by atoms with van der Waals surface area (Å²) in [4.78, 5) is 12.1. The molecular weight excluding hydrogens is 332 g/mol. The highest BCUT2D eigenvalue weighted by Gasteiger charge is 2.00. The van der Waals surface area contributed by atoms with E-state index in [4.69, 9.17) is 4.74 Å². The molecule has 0 aliphatic heterocycles. The number of hydrogen-bond acceptors (Lipinski definition) is 2. The zero-order valence-electron chi connectivity index (χ0n) is 16.1. The number of hydrogen-bond donors (Lipinski definition) is 0. The lowest BCUT2D eigenvalue weighted by Gasteiger charge is -2.06. The Morgan fingerprint density at radius 3 is 2.22 bits per heavy atom. The van der Waals surface area contributed by atoms with E-state index in [2.05, 4.69) is 6.58 Å². The van der Waals surface area contributed by atoms with Crippen LogP contribution in [0.4, 0.5) is 0 Å². The van der Waals surface area contributed by atoms with E-state index in [-0.39, 0.29) is 5.78 Å². The van der Waals surface area contributed by atoms with E-state index in [1.54, 1.807) is 6.08 Å². The minimum Gasteiger partial charge on any atom is -0.494 e. The van der Waals surface area contributed by atoms with Gasteiger partial charge in [-0.25, -0.2) is 0 Å². The van der Waals surface area contributed by atoms with Gasteiger partial charge in [0.05, 0.1) is 6.61 Å². The van der Waals surface area contributed by atoms with E-state index in [0.717, 1.165) is 30.8 Å². The molecule has 0 amide bonds. The number of ketones is 1. The lowest BCUT2D eigenvalue weighted by Crippen LogP contribution is -1.97. The first-order valence-electron chi connectivity index (χ1n) is 9.91. The molecule has 2 nitrogen and oxygen atoms in total. The Morgan fingerprint density at radius 1 is 0.852 bits per heavy atom. The Hall–Kier alpha value is -2.61. The molecule has 0 aliphatic rings. The van der Waals surface area contributed by atoms with Crippen LogP contribution in [0, 0.1) is 0 Å². The molecule has 0 unspecified atom stereocenters. The van der Waals surface area contributed by atoms with Crippen LogP contribution in [0.25, 0.3) is 6.08 Å². The number of rotatable bonds is 13. The minimum absolute atomic E-state index is 0.0143. The maximum Gasteiger partial charge on any atom is 0.185 e. The van der Waals surface area contributed by atoms with Crippen LogP contribution in [0.3, 0.4) is 0 Å². The fourth-order valence-electron chi connectivity index (χ4n) is 2.83. The topological polar surface area (TPSA) is 26.3 Å². The molecule has 142 valence electrons. The monoisotopic (exact) mass is 362 g/mol. The van der Waals surface area contributed by atoms with E-state index >= 15 is 0 Å². The molecule has 0 saturated carbocycles. The highest BCUT2D eigenvalue weighted by Crippen LogP contribution is 2.15. The molecule has 0 saturated heterocycles. The van der Waals surface area contributed by atoms with Gasteiger partial charge in [-0.05, 0) is 43.0 Å². The summed E-state index contributed by atoms with van der Waals surface area (Å²) in [6.45, 7) is 4.51. The van der Waals surface area contributed by atoms with Crippen LogP contribution in [-0.2, 0) is 0 Å². The second-order valence-corrected chi connectivity index (χ2v) is 6.68. The predicted octanol–water partition coefficient (Wildman–Crippen LogP) is 6.88. The number of unbranched alkanes of at least 4 members (excludes halogenated alkanes) is 6. The Bertz CT molecular complexity index is 699. The first-order valence-corrected chi connectivity index (χ1v) is 9.91. The number of carbonyl (C=O) groups is 1. The molecule has 0 fully saturated rings. The molecule has 2 rings (SSSR count). The van der Waals surface area contributed by atoms with Gasteiger partial charge < -0.3 is 4.74 Å². The molecule has 0 bridgehead atoms. The van der Waals surface area contributed by atoms with Crippen LogP contribution in [0.15, 0.2) is 73.3 Å². The molecule has 0 N–H and O–H groups in total. The smallest absolute Gasteiger partial charge is 0.185 e. The van der Waals surface area contributed by atoms with E-state index in [1.807, 2.05) is 66.7 Å². The van der Waals surface area contributed by atoms with Crippen molar-refractivity contribution >= 4 is 11.9 Å². The third kappa shape index (κ3) is 8.54. The predicted molar refractivity (Wildman–Crippen MR) is 114 cm³/mol. The van der Waals surface area contributed by atoms with Crippen molar-refractivity contribution in [1.82, 2.24) is 0 Å². The lowest BCUT2D eigenvalue weighted by molar-refractivity contribution is 0.104. The summed E-state index contributed by atoms with van der Waals surface area (Å²) in [5.41, 5.74) is 1.69. The first kappa shape index (κ1) is 20.7. The van der Waals surface area contributed by atoms with Gasteiger partial charge in [0, 0.05) is 5.56 Å². The molecule has 0 radical (unpaired) electrons. The fourth-order valence-corrected chi connectivity index (χ4v) is 2.83. The molecule has 27 heavy (non-hydrogen) atoms. The van der Waals surface area contributed by atoms with Crippen LogP contribution in [0.1, 0.15) is 60.9 Å². The van der Waals surface area contributed by atoms with Crippen molar-refractivity contribution in [3.05, 3.63) is 84.5 Å². The van der Waals surface area contributed by atoms with Crippen LogP contribution < -0.4 is 4.74 Å². The zero-order valence-corrected chi connectivity index (χ0v) is 16.1. The van der Waals surface area contributed by atoms with Gasteiger partial charge in [-0.1, -0.05) is 80.3 Å². The van der Waals surface area contributed by atoms with Gasteiger partial charge in [0.1, 0.15) is 5.75 Å². The van der Waals surface area contributed by atoms with Crippen molar-refractivity contribution < 1.29 is 9.53 Å². The molecule has 2 heteroatoms. The average molecular weight is 363 g/mol. The van der Waals surface area contributed by atoms with Crippen molar-refractivity contribution in [1.29, 1.82) is 0 Å². The summed E-state index contributed by atoms with van der Waals surface area (Å²) >= 11 is 0. The number of allylic oxidation sites excluding steroid dienone is 2. The second kappa shape index (κ2) is 12.7. The van der Waals surface area contributed by atoms with Gasteiger partial charge in [0.15, 0.2) is 5.78 Å². The molecule has 0 spiro atoms. The fraction of sp³-hybridized carbons (Fsp3) is 0.320. The summed E-state index contributed by atoms with van der Waals surface area (Å²) in [6.07, 6.45) is 14.0. The normalized spacial score (nSPS) is 10.8. The SMILES string of the molecule is C=CCCCCCCCCOc1ccc(C=CC(=O)c2ccccc2)cc1. The largest absolute Gasteiger partial charge is 0.494 e. The third-order valence-electron chi connectivity index (χ3n) is 4.44. The summed E-state index contributed by atoms with van der Waals surface area (Å²) in [5, 5.41) is 0. The van der Waals surface area contributed by atoms with Crippen molar-refractivity contribution in [3.8, 4) is 5.75 Å². The lowest BCUT2D eigenvalue weighted by atomic mass is 10.1. The molecular formula is C25H30O2. The Balaban J connectivity index is 1.64. The molecule has 0 atom stereocenters. The maximum atomic E-state index is 12.1. The number of carbonyl (C=O) groups excluding carboxylic acids is 1. The Kier molecular flexibility index (Phi) is 9.73. The van der Waals surface area contributed by atoms with Gasteiger partial charge in [0.25, 0.3) is 0 Å². The molecule has 0 heterocycles. The van der Waals surface area contributed by atoms with Crippen molar-refractivity contribution in [2.45, 2.75) is 44.9 Å². The van der Waals surface area contributed by atoms with Gasteiger partial charge in [-0.2, -0.15) is 0 Å². The van der Waals surface area contributed by atoms with E-state index in [0.29, 0.717) is 5.56 Å².